The van der Waals surface area contributed by atoms with Crippen molar-refractivity contribution in [3.05, 3.63) is 68.6 Å². The van der Waals surface area contributed by atoms with Crippen LogP contribution in [0.1, 0.15) is 22.8 Å². The fraction of sp³-hybridized carbons (Fsp3) is 0.105. The second-order valence-electron chi connectivity index (χ2n) is 5.61. The summed E-state index contributed by atoms with van der Waals surface area (Å²) in [7, 11) is 0. The van der Waals surface area contributed by atoms with E-state index in [1.54, 1.807) is 12.1 Å². The molecule has 1 heterocycles. The van der Waals surface area contributed by atoms with Gasteiger partial charge in [-0.2, -0.15) is 0 Å². The SMILES string of the molecule is CC(=O)NCc1ccc(C(=O)Nc2nc(-c3ccc(I)cc3)cs2)cc1. The zero-order chi connectivity index (χ0) is 18.5. The van der Waals surface area contributed by atoms with E-state index in [9.17, 15) is 9.59 Å². The number of carbonyl (C=O) groups excluding carboxylic acids is 2. The Kier molecular flexibility index (Phi) is 6.00. The maximum Gasteiger partial charge on any atom is 0.257 e. The monoisotopic (exact) mass is 477 g/mol. The molecular weight excluding hydrogens is 461 g/mol. The van der Waals surface area contributed by atoms with Crippen LogP contribution in [0.25, 0.3) is 11.3 Å². The van der Waals surface area contributed by atoms with Crippen molar-refractivity contribution in [2.75, 3.05) is 5.32 Å². The highest BCUT2D eigenvalue weighted by atomic mass is 127. The number of nitrogens with one attached hydrogen (secondary N) is 2. The van der Waals surface area contributed by atoms with Crippen molar-refractivity contribution in [1.29, 1.82) is 0 Å². The van der Waals surface area contributed by atoms with Crippen molar-refractivity contribution in [3.8, 4) is 11.3 Å². The first kappa shape index (κ1) is 18.5. The minimum Gasteiger partial charge on any atom is -0.352 e. The Morgan fingerprint density at radius 1 is 1.08 bits per heavy atom. The van der Waals surface area contributed by atoms with Crippen LogP contribution in [0, 0.1) is 3.57 Å². The van der Waals surface area contributed by atoms with Crippen molar-refractivity contribution in [1.82, 2.24) is 10.3 Å². The summed E-state index contributed by atoms with van der Waals surface area (Å²) in [5.41, 5.74) is 3.34. The lowest BCUT2D eigenvalue weighted by molar-refractivity contribution is -0.119. The molecule has 0 bridgehead atoms. The summed E-state index contributed by atoms with van der Waals surface area (Å²) < 4.78 is 1.16. The number of amides is 2. The molecule has 0 radical (unpaired) electrons. The van der Waals surface area contributed by atoms with E-state index in [4.69, 9.17) is 0 Å². The molecule has 0 fully saturated rings. The van der Waals surface area contributed by atoms with Crippen LogP contribution in [-0.2, 0) is 11.3 Å². The number of nitrogens with zero attached hydrogens (tertiary/aromatic N) is 1. The van der Waals surface area contributed by atoms with Crippen molar-refractivity contribution >= 4 is 50.9 Å². The molecule has 2 N–H and O–H groups in total. The molecule has 26 heavy (non-hydrogen) atoms. The first-order valence-corrected chi connectivity index (χ1v) is 9.83. The number of anilines is 1. The Morgan fingerprint density at radius 3 is 2.42 bits per heavy atom. The Labute approximate surface area is 169 Å². The average Bonchev–Trinajstić information content (AvgIpc) is 3.09. The predicted molar refractivity (Wildman–Crippen MR) is 112 cm³/mol. The Hall–Kier alpha value is -2.26. The summed E-state index contributed by atoms with van der Waals surface area (Å²) in [4.78, 5) is 27.8. The molecule has 2 amide bonds. The maximum absolute atomic E-state index is 12.4. The van der Waals surface area contributed by atoms with Gasteiger partial charge >= 0.3 is 0 Å². The number of hydrogen-bond donors (Lipinski definition) is 2. The number of aromatic nitrogens is 1. The lowest BCUT2D eigenvalue weighted by Gasteiger charge is -2.05. The van der Waals surface area contributed by atoms with Crippen molar-refractivity contribution in [2.24, 2.45) is 0 Å². The van der Waals surface area contributed by atoms with E-state index in [1.807, 2.05) is 41.8 Å². The number of benzene rings is 2. The van der Waals surface area contributed by atoms with Gasteiger partial charge in [0.15, 0.2) is 5.13 Å². The molecule has 5 nitrogen and oxygen atoms in total. The van der Waals surface area contributed by atoms with Gasteiger partial charge in [0, 0.05) is 33.5 Å². The summed E-state index contributed by atoms with van der Waals surface area (Å²) in [6.07, 6.45) is 0. The van der Waals surface area contributed by atoms with E-state index in [0.29, 0.717) is 17.2 Å². The molecule has 0 aliphatic carbocycles. The summed E-state index contributed by atoms with van der Waals surface area (Å²) in [5.74, 6) is -0.292. The molecule has 0 aliphatic heterocycles. The van der Waals surface area contributed by atoms with Gasteiger partial charge in [0.05, 0.1) is 5.69 Å². The van der Waals surface area contributed by atoms with E-state index in [0.717, 1.165) is 20.4 Å². The lowest BCUT2D eigenvalue weighted by Crippen LogP contribution is -2.19. The number of halogens is 1. The Balaban J connectivity index is 1.64. The smallest absolute Gasteiger partial charge is 0.257 e. The minimum atomic E-state index is -0.209. The first-order valence-electron chi connectivity index (χ1n) is 7.87. The third-order valence-corrected chi connectivity index (χ3v) is 5.10. The molecule has 0 aliphatic rings. The van der Waals surface area contributed by atoms with Gasteiger partial charge in [0.25, 0.3) is 5.91 Å². The molecule has 0 saturated carbocycles. The van der Waals surface area contributed by atoms with Gasteiger partial charge in [0.1, 0.15) is 0 Å². The van der Waals surface area contributed by atoms with Crippen LogP contribution < -0.4 is 10.6 Å². The highest BCUT2D eigenvalue weighted by Crippen LogP contribution is 2.25. The van der Waals surface area contributed by atoms with Gasteiger partial charge in [-0.1, -0.05) is 24.3 Å². The number of thiazole rings is 1. The molecule has 3 rings (SSSR count). The van der Waals surface area contributed by atoms with Crippen LogP contribution in [0.5, 0.6) is 0 Å². The minimum absolute atomic E-state index is 0.0838. The van der Waals surface area contributed by atoms with Gasteiger partial charge in [0.2, 0.25) is 5.91 Å². The molecule has 132 valence electrons. The van der Waals surface area contributed by atoms with E-state index in [1.165, 1.54) is 18.3 Å². The van der Waals surface area contributed by atoms with Gasteiger partial charge in [-0.05, 0) is 52.4 Å². The van der Waals surface area contributed by atoms with E-state index in [2.05, 4.69) is 38.2 Å². The van der Waals surface area contributed by atoms with Crippen LogP contribution in [0.2, 0.25) is 0 Å². The summed E-state index contributed by atoms with van der Waals surface area (Å²) in [6, 6.07) is 15.2. The second kappa shape index (κ2) is 8.41. The van der Waals surface area contributed by atoms with Gasteiger partial charge in [-0.15, -0.1) is 11.3 Å². The molecule has 0 saturated heterocycles. The van der Waals surface area contributed by atoms with Crippen molar-refractivity contribution < 1.29 is 9.59 Å². The van der Waals surface area contributed by atoms with E-state index >= 15 is 0 Å². The third kappa shape index (κ3) is 4.89. The molecular formula is C19H16IN3O2S. The maximum atomic E-state index is 12.4. The Morgan fingerprint density at radius 2 is 1.77 bits per heavy atom. The van der Waals surface area contributed by atoms with Crippen LogP contribution in [0.4, 0.5) is 5.13 Å². The summed E-state index contributed by atoms with van der Waals surface area (Å²) in [5, 5.41) is 8.04. The first-order chi connectivity index (χ1) is 12.5. The molecule has 7 heteroatoms. The fourth-order valence-corrected chi connectivity index (χ4v) is 3.33. The topological polar surface area (TPSA) is 71.1 Å². The molecule has 0 spiro atoms. The largest absolute Gasteiger partial charge is 0.352 e. The highest BCUT2D eigenvalue weighted by molar-refractivity contribution is 14.1. The quantitative estimate of drug-likeness (QED) is 0.539. The van der Waals surface area contributed by atoms with Gasteiger partial charge in [-0.25, -0.2) is 4.98 Å². The number of hydrogen-bond acceptors (Lipinski definition) is 4. The van der Waals surface area contributed by atoms with Crippen LogP contribution >= 0.6 is 33.9 Å². The van der Waals surface area contributed by atoms with E-state index < -0.39 is 0 Å². The zero-order valence-electron chi connectivity index (χ0n) is 14.0. The number of carbonyl (C=O) groups is 2. The van der Waals surface area contributed by atoms with Crippen LogP contribution in [0.3, 0.4) is 0 Å². The standard InChI is InChI=1S/C19H16IN3O2S/c1-12(24)21-10-13-2-4-15(5-3-13)18(25)23-19-22-17(11-26-19)14-6-8-16(20)9-7-14/h2-9,11H,10H2,1H3,(H,21,24)(H,22,23,25). The predicted octanol–water partition coefficient (Wildman–Crippen LogP) is 4.30. The summed E-state index contributed by atoms with van der Waals surface area (Å²) >= 11 is 3.65. The van der Waals surface area contributed by atoms with Crippen molar-refractivity contribution in [3.63, 3.8) is 0 Å². The van der Waals surface area contributed by atoms with Gasteiger partial charge in [-0.3, -0.25) is 14.9 Å². The van der Waals surface area contributed by atoms with Crippen molar-refractivity contribution in [2.45, 2.75) is 13.5 Å². The van der Waals surface area contributed by atoms with Crippen LogP contribution in [0.15, 0.2) is 53.9 Å². The van der Waals surface area contributed by atoms with Gasteiger partial charge < -0.3 is 5.32 Å². The lowest BCUT2D eigenvalue weighted by atomic mass is 10.1. The molecule has 0 unspecified atom stereocenters. The molecule has 2 aromatic carbocycles. The normalized spacial score (nSPS) is 10.4. The second-order valence-corrected chi connectivity index (χ2v) is 7.71. The fourth-order valence-electron chi connectivity index (χ4n) is 2.25. The summed E-state index contributed by atoms with van der Waals surface area (Å²) in [6.45, 7) is 1.92. The van der Waals surface area contributed by atoms with Crippen LogP contribution in [-0.4, -0.2) is 16.8 Å². The number of rotatable bonds is 5. The molecule has 3 aromatic rings. The zero-order valence-corrected chi connectivity index (χ0v) is 16.9. The molecule has 0 atom stereocenters. The Bertz CT molecular complexity index is 921. The average molecular weight is 477 g/mol. The molecule has 1 aromatic heterocycles. The third-order valence-electron chi connectivity index (χ3n) is 3.62. The van der Waals surface area contributed by atoms with E-state index in [-0.39, 0.29) is 11.8 Å². The highest BCUT2D eigenvalue weighted by Gasteiger charge is 2.10.